The van der Waals surface area contributed by atoms with E-state index in [1.165, 1.54) is 0 Å². The second kappa shape index (κ2) is 8.21. The third-order valence-electron chi connectivity index (χ3n) is 3.52. The average Bonchev–Trinajstić information content (AvgIpc) is 2.43. The number of amides is 2. The van der Waals surface area contributed by atoms with Crippen LogP contribution >= 0.6 is 0 Å². The Kier molecular flexibility index (Phi) is 6.95. The minimum atomic E-state index is -0.000948. The van der Waals surface area contributed by atoms with Crippen LogP contribution in [0.3, 0.4) is 0 Å². The predicted molar refractivity (Wildman–Crippen MR) is 79.4 cm³/mol. The van der Waals surface area contributed by atoms with Gasteiger partial charge in [-0.05, 0) is 20.6 Å². The van der Waals surface area contributed by atoms with E-state index in [4.69, 9.17) is 0 Å². The quantitative estimate of drug-likeness (QED) is 0.712. The zero-order valence-corrected chi connectivity index (χ0v) is 13.2. The maximum absolute atomic E-state index is 12.2. The van der Waals surface area contributed by atoms with Crippen LogP contribution in [-0.4, -0.2) is 86.4 Å². The van der Waals surface area contributed by atoms with Gasteiger partial charge in [0.15, 0.2) is 0 Å². The summed E-state index contributed by atoms with van der Waals surface area (Å²) in [5.41, 5.74) is 0. The summed E-state index contributed by atoms with van der Waals surface area (Å²) in [6.45, 7) is 8.60. The van der Waals surface area contributed by atoms with Gasteiger partial charge in [0.1, 0.15) is 0 Å². The van der Waals surface area contributed by atoms with E-state index >= 15 is 0 Å². The molecule has 0 bridgehead atoms. The molecular formula is C14H28N4O2. The minimum Gasteiger partial charge on any atom is -0.339 e. The summed E-state index contributed by atoms with van der Waals surface area (Å²) in [4.78, 5) is 29.8. The molecule has 0 aliphatic carbocycles. The Labute approximate surface area is 122 Å². The number of nitrogens with zero attached hydrogens (tertiary/aromatic N) is 3. The number of carbonyl (C=O) groups is 2. The van der Waals surface area contributed by atoms with E-state index in [1.807, 2.05) is 42.6 Å². The summed E-state index contributed by atoms with van der Waals surface area (Å²) in [6, 6.07) is 0. The molecule has 0 spiro atoms. The lowest BCUT2D eigenvalue weighted by Crippen LogP contribution is -2.53. The van der Waals surface area contributed by atoms with E-state index in [-0.39, 0.29) is 17.7 Å². The van der Waals surface area contributed by atoms with Crippen molar-refractivity contribution in [2.24, 2.45) is 5.92 Å². The topological polar surface area (TPSA) is 55.9 Å². The number of carbonyl (C=O) groups excluding carboxylic acids is 2. The molecule has 0 aromatic heterocycles. The van der Waals surface area contributed by atoms with Gasteiger partial charge in [0.2, 0.25) is 11.8 Å². The predicted octanol–water partition coefficient (Wildman–Crippen LogP) is -0.536. The first-order valence-electron chi connectivity index (χ1n) is 7.37. The lowest BCUT2D eigenvalue weighted by molar-refractivity contribution is -0.142. The van der Waals surface area contributed by atoms with Gasteiger partial charge in [-0.15, -0.1) is 0 Å². The van der Waals surface area contributed by atoms with Crippen LogP contribution in [0.2, 0.25) is 0 Å². The van der Waals surface area contributed by atoms with Crippen molar-refractivity contribution in [3.63, 3.8) is 0 Å². The average molecular weight is 284 g/mol. The fourth-order valence-electron chi connectivity index (χ4n) is 2.31. The van der Waals surface area contributed by atoms with Crippen molar-refractivity contribution in [1.29, 1.82) is 0 Å². The molecule has 1 aliphatic rings. The lowest BCUT2D eigenvalue weighted by atomic mass is 10.1. The van der Waals surface area contributed by atoms with Gasteiger partial charge in [0.05, 0.1) is 6.54 Å². The molecule has 1 N–H and O–H groups in total. The maximum atomic E-state index is 12.2. The van der Waals surface area contributed by atoms with Crippen molar-refractivity contribution in [1.82, 2.24) is 20.0 Å². The molecule has 1 rings (SSSR count). The molecule has 1 saturated heterocycles. The number of likely N-dealkylation sites (N-methyl/N-ethyl adjacent to an activating group) is 1. The monoisotopic (exact) mass is 284 g/mol. The van der Waals surface area contributed by atoms with E-state index in [2.05, 4.69) is 5.32 Å². The second-order valence-electron chi connectivity index (χ2n) is 5.65. The van der Waals surface area contributed by atoms with Crippen molar-refractivity contribution >= 4 is 11.8 Å². The summed E-state index contributed by atoms with van der Waals surface area (Å²) in [6.07, 6.45) is 0. The summed E-state index contributed by atoms with van der Waals surface area (Å²) in [5.74, 6) is 0.326. The van der Waals surface area contributed by atoms with Crippen LogP contribution in [0, 0.1) is 5.92 Å². The molecule has 1 unspecified atom stereocenters. The van der Waals surface area contributed by atoms with Crippen molar-refractivity contribution in [3.05, 3.63) is 0 Å². The summed E-state index contributed by atoms with van der Waals surface area (Å²) >= 11 is 0. The highest BCUT2D eigenvalue weighted by Gasteiger charge is 2.26. The number of nitrogens with one attached hydrogen (secondary N) is 1. The smallest absolute Gasteiger partial charge is 0.236 e. The summed E-state index contributed by atoms with van der Waals surface area (Å²) < 4.78 is 0. The van der Waals surface area contributed by atoms with E-state index in [9.17, 15) is 9.59 Å². The molecule has 6 heteroatoms. The van der Waals surface area contributed by atoms with E-state index < -0.39 is 0 Å². The summed E-state index contributed by atoms with van der Waals surface area (Å²) in [7, 11) is 3.78. The first kappa shape index (κ1) is 16.9. The van der Waals surface area contributed by atoms with Gasteiger partial charge < -0.3 is 20.0 Å². The van der Waals surface area contributed by atoms with Gasteiger partial charge in [0, 0.05) is 38.6 Å². The Morgan fingerprint density at radius 2 is 1.70 bits per heavy atom. The molecule has 0 aromatic rings. The molecule has 0 aromatic carbocycles. The van der Waals surface area contributed by atoms with Crippen molar-refractivity contribution in [2.75, 3.05) is 59.9 Å². The molecule has 2 amide bonds. The van der Waals surface area contributed by atoms with Crippen molar-refractivity contribution in [2.45, 2.75) is 13.8 Å². The molecule has 1 aliphatic heterocycles. The standard InChI is InChI=1S/C14H28N4O2/c1-5-15-10-12(2)14(20)18-8-6-17(7-9-18)13(19)11-16(3)4/h12,15H,5-11H2,1-4H3. The Hall–Kier alpha value is -1.14. The fraction of sp³-hybridized carbons (Fsp3) is 0.857. The Bertz CT molecular complexity index is 325. The molecule has 1 heterocycles. The fourth-order valence-corrected chi connectivity index (χ4v) is 2.31. The largest absolute Gasteiger partial charge is 0.339 e. The van der Waals surface area contributed by atoms with Gasteiger partial charge in [-0.3, -0.25) is 9.59 Å². The van der Waals surface area contributed by atoms with Crippen LogP contribution in [-0.2, 0) is 9.59 Å². The van der Waals surface area contributed by atoms with E-state index in [1.54, 1.807) is 0 Å². The Balaban J connectivity index is 2.38. The zero-order chi connectivity index (χ0) is 15.1. The highest BCUT2D eigenvalue weighted by Crippen LogP contribution is 2.07. The number of rotatable bonds is 6. The molecule has 20 heavy (non-hydrogen) atoms. The third kappa shape index (κ3) is 5.09. The maximum Gasteiger partial charge on any atom is 0.236 e. The molecule has 0 radical (unpaired) electrons. The number of hydrogen-bond acceptors (Lipinski definition) is 4. The number of piperazine rings is 1. The molecule has 1 fully saturated rings. The highest BCUT2D eigenvalue weighted by atomic mass is 16.2. The molecule has 6 nitrogen and oxygen atoms in total. The van der Waals surface area contributed by atoms with E-state index in [0.717, 1.165) is 13.1 Å². The first-order valence-corrected chi connectivity index (χ1v) is 7.37. The molecule has 116 valence electrons. The Morgan fingerprint density at radius 1 is 1.15 bits per heavy atom. The van der Waals surface area contributed by atoms with Gasteiger partial charge >= 0.3 is 0 Å². The highest BCUT2D eigenvalue weighted by molar-refractivity contribution is 5.80. The SMILES string of the molecule is CCNCC(C)C(=O)N1CCN(C(=O)CN(C)C)CC1. The van der Waals surface area contributed by atoms with Crippen LogP contribution < -0.4 is 5.32 Å². The van der Waals surface area contributed by atoms with Gasteiger partial charge in [0.25, 0.3) is 0 Å². The van der Waals surface area contributed by atoms with Crippen LogP contribution in [0.15, 0.2) is 0 Å². The lowest BCUT2D eigenvalue weighted by Gasteiger charge is -2.36. The third-order valence-corrected chi connectivity index (χ3v) is 3.52. The van der Waals surface area contributed by atoms with Crippen molar-refractivity contribution < 1.29 is 9.59 Å². The van der Waals surface area contributed by atoms with Crippen LogP contribution in [0.4, 0.5) is 0 Å². The second-order valence-corrected chi connectivity index (χ2v) is 5.65. The normalized spacial score (nSPS) is 17.4. The Morgan fingerprint density at radius 3 is 2.20 bits per heavy atom. The molecule has 0 saturated carbocycles. The molecular weight excluding hydrogens is 256 g/mol. The van der Waals surface area contributed by atoms with Gasteiger partial charge in [-0.25, -0.2) is 0 Å². The van der Waals surface area contributed by atoms with Gasteiger partial charge in [-0.1, -0.05) is 13.8 Å². The summed E-state index contributed by atoms with van der Waals surface area (Å²) in [5, 5.41) is 3.20. The zero-order valence-electron chi connectivity index (χ0n) is 13.2. The van der Waals surface area contributed by atoms with Crippen molar-refractivity contribution in [3.8, 4) is 0 Å². The first-order chi connectivity index (χ1) is 9.45. The van der Waals surface area contributed by atoms with Gasteiger partial charge in [-0.2, -0.15) is 0 Å². The van der Waals surface area contributed by atoms with Crippen LogP contribution in [0.1, 0.15) is 13.8 Å². The molecule has 1 atom stereocenters. The minimum absolute atomic E-state index is 0.000948. The number of hydrogen-bond donors (Lipinski definition) is 1. The van der Waals surface area contributed by atoms with E-state index in [0.29, 0.717) is 32.7 Å². The van der Waals surface area contributed by atoms with Crippen LogP contribution in [0.5, 0.6) is 0 Å². The van der Waals surface area contributed by atoms with Crippen LogP contribution in [0.25, 0.3) is 0 Å².